The van der Waals surface area contributed by atoms with Gasteiger partial charge in [0.1, 0.15) is 12.4 Å². The summed E-state index contributed by atoms with van der Waals surface area (Å²) in [5, 5.41) is 23.0. The number of aliphatic carboxylic acids is 1. The zero-order valence-corrected chi connectivity index (χ0v) is 26.8. The average Bonchev–Trinajstić information content (AvgIpc) is 2.92. The van der Waals surface area contributed by atoms with Crippen LogP contribution in [0.5, 0.6) is 5.75 Å². The third-order valence-corrected chi connectivity index (χ3v) is 8.43. The van der Waals surface area contributed by atoms with E-state index >= 15 is 0 Å². The molecular weight excluding hydrogens is 553 g/mol. The number of rotatable bonds is 13. The zero-order chi connectivity index (χ0) is 27.8. The van der Waals surface area contributed by atoms with Crippen LogP contribution in [-0.2, 0) is 24.2 Å². The van der Waals surface area contributed by atoms with Crippen LogP contribution in [0.4, 0.5) is 0 Å². The van der Waals surface area contributed by atoms with E-state index in [1.54, 1.807) is 25.6 Å². The molecule has 40 heavy (non-hydrogen) atoms. The molecule has 5 nitrogen and oxygen atoms in total. The molecule has 0 saturated heterocycles. The van der Waals surface area contributed by atoms with Crippen LogP contribution in [-0.4, -0.2) is 27.9 Å². The van der Waals surface area contributed by atoms with Gasteiger partial charge in [0.05, 0.1) is 17.3 Å². The van der Waals surface area contributed by atoms with Gasteiger partial charge >= 0.3 is 29.6 Å². The van der Waals surface area contributed by atoms with Gasteiger partial charge in [-0.25, -0.2) is 4.98 Å². The molecule has 0 amide bonds. The van der Waals surface area contributed by atoms with Gasteiger partial charge in [-0.05, 0) is 73.2 Å². The van der Waals surface area contributed by atoms with Crippen molar-refractivity contribution >= 4 is 40.2 Å². The van der Waals surface area contributed by atoms with Crippen molar-refractivity contribution in [3.05, 3.63) is 106 Å². The summed E-state index contributed by atoms with van der Waals surface area (Å²) < 4.78 is 6.11. The normalized spacial score (nSPS) is 13.3. The molecule has 0 saturated carbocycles. The van der Waals surface area contributed by atoms with Crippen LogP contribution in [0.3, 0.4) is 0 Å². The fraction of sp³-hybridized carbons (Fsp3) is 0.312. The first-order chi connectivity index (χ1) is 18.8. The molecule has 0 fully saturated rings. The number of fused-ring (bicyclic) bond motifs is 1. The van der Waals surface area contributed by atoms with Crippen LogP contribution in [0.1, 0.15) is 47.9 Å². The molecule has 0 radical (unpaired) electrons. The van der Waals surface area contributed by atoms with Gasteiger partial charge < -0.3 is 19.7 Å². The van der Waals surface area contributed by atoms with E-state index in [-0.39, 0.29) is 34.8 Å². The zero-order valence-electron chi connectivity index (χ0n) is 23.2. The van der Waals surface area contributed by atoms with Crippen LogP contribution in [0.25, 0.3) is 10.9 Å². The molecule has 204 valence electrons. The van der Waals surface area contributed by atoms with Crippen molar-refractivity contribution in [2.24, 2.45) is 5.92 Å². The molecule has 3 atom stereocenters. The van der Waals surface area contributed by atoms with Crippen molar-refractivity contribution in [3.63, 3.8) is 0 Å². The van der Waals surface area contributed by atoms with Gasteiger partial charge in [-0.15, -0.1) is 0 Å². The molecule has 3 aromatic carbocycles. The molecular formula is C32H33ClNNaO4S. The van der Waals surface area contributed by atoms with E-state index in [9.17, 15) is 15.0 Å². The van der Waals surface area contributed by atoms with Crippen LogP contribution in [0.2, 0.25) is 5.02 Å². The minimum Gasteiger partial charge on any atom is -0.550 e. The van der Waals surface area contributed by atoms with Crippen LogP contribution >= 0.6 is 23.4 Å². The van der Waals surface area contributed by atoms with Gasteiger partial charge in [0.2, 0.25) is 0 Å². The van der Waals surface area contributed by atoms with E-state index < -0.39 is 18.0 Å². The number of carbonyl (C=O) groups excluding carboxylic acids is 1. The summed E-state index contributed by atoms with van der Waals surface area (Å²) >= 11 is 7.75. The molecule has 3 unspecified atom stereocenters. The standard InChI is InChI=1S/C32H34ClNO4S.Na/c1-21(32(36)37)20-39-31(15-12-23-6-3-4-7-25(23)16-22(2)35)26-8-5-9-29(17-26)38-19-28-14-11-24-10-13-27(33)18-30(24)34-28;/h3-11,13-14,17-18,21-22,31,35H,12,15-16,19-20H2,1-2H3,(H,36,37);/q;+1/p-1. The van der Waals surface area contributed by atoms with E-state index in [1.807, 2.05) is 60.7 Å². The molecule has 1 heterocycles. The van der Waals surface area contributed by atoms with E-state index in [1.165, 1.54) is 5.56 Å². The summed E-state index contributed by atoms with van der Waals surface area (Å²) in [5.74, 6) is -0.401. The van der Waals surface area contributed by atoms with E-state index in [0.29, 0.717) is 23.8 Å². The number of hydrogen-bond acceptors (Lipinski definition) is 6. The Balaban J connectivity index is 0.00000441. The minimum atomic E-state index is -1.04. The predicted molar refractivity (Wildman–Crippen MR) is 157 cm³/mol. The predicted octanol–water partition coefficient (Wildman–Crippen LogP) is 3.19. The number of carboxylic acid groups (broad SMARTS) is 1. The van der Waals surface area contributed by atoms with Crippen LogP contribution < -0.4 is 39.4 Å². The number of aromatic nitrogens is 1. The molecule has 1 N–H and O–H groups in total. The second-order valence-corrected chi connectivity index (χ2v) is 11.6. The van der Waals surface area contributed by atoms with Gasteiger partial charge in [0.15, 0.2) is 0 Å². The van der Waals surface area contributed by atoms with Crippen LogP contribution in [0.15, 0.2) is 78.9 Å². The first-order valence-corrected chi connectivity index (χ1v) is 14.6. The molecule has 0 bridgehead atoms. The van der Waals surface area contributed by atoms with Crippen molar-refractivity contribution < 1.29 is 49.3 Å². The molecule has 8 heteroatoms. The Labute approximate surface area is 267 Å². The van der Waals surface area contributed by atoms with E-state index in [2.05, 4.69) is 23.2 Å². The number of pyridine rings is 1. The molecule has 4 rings (SSSR count). The number of halogens is 1. The molecule has 4 aromatic rings. The number of aryl methyl sites for hydroxylation is 1. The second-order valence-electron chi connectivity index (χ2n) is 9.90. The molecule has 0 aliphatic heterocycles. The van der Waals surface area contributed by atoms with Crippen molar-refractivity contribution in [3.8, 4) is 5.75 Å². The molecule has 0 aliphatic rings. The largest absolute Gasteiger partial charge is 1.00 e. The van der Waals surface area contributed by atoms with E-state index in [4.69, 9.17) is 16.3 Å². The SMILES string of the molecule is CC(O)Cc1ccccc1CCC(SCC(C)C(=O)[O-])c1cccc(OCc2ccc3ccc(Cl)cc3n2)c1.[Na+]. The maximum Gasteiger partial charge on any atom is 1.00 e. The number of ether oxygens (including phenoxy) is 1. The third kappa shape index (κ3) is 9.51. The average molecular weight is 586 g/mol. The monoisotopic (exact) mass is 585 g/mol. The van der Waals surface area contributed by atoms with Gasteiger partial charge in [0, 0.05) is 33.3 Å². The van der Waals surface area contributed by atoms with Crippen molar-refractivity contribution in [2.75, 3.05) is 5.75 Å². The topological polar surface area (TPSA) is 82.5 Å². The van der Waals surface area contributed by atoms with Crippen LogP contribution in [0, 0.1) is 5.92 Å². The number of benzene rings is 3. The molecule has 0 spiro atoms. The van der Waals surface area contributed by atoms with Gasteiger partial charge in [-0.3, -0.25) is 0 Å². The fourth-order valence-electron chi connectivity index (χ4n) is 4.45. The third-order valence-electron chi connectivity index (χ3n) is 6.59. The number of aliphatic hydroxyl groups excluding tert-OH is 1. The summed E-state index contributed by atoms with van der Waals surface area (Å²) in [4.78, 5) is 16.0. The Morgan fingerprint density at radius 2 is 1.77 bits per heavy atom. The maximum atomic E-state index is 11.4. The van der Waals surface area contributed by atoms with Gasteiger partial charge in [0.25, 0.3) is 0 Å². The van der Waals surface area contributed by atoms with Gasteiger partial charge in [-0.2, -0.15) is 11.8 Å². The summed E-state index contributed by atoms with van der Waals surface area (Å²) in [6.45, 7) is 3.80. The quantitative estimate of drug-likeness (QED) is 0.243. The number of hydrogen-bond donors (Lipinski definition) is 1. The number of nitrogens with zero attached hydrogens (tertiary/aromatic N) is 1. The molecule has 1 aromatic heterocycles. The Bertz CT molecular complexity index is 1420. The van der Waals surface area contributed by atoms with Crippen molar-refractivity contribution in [2.45, 2.75) is 51.1 Å². The van der Waals surface area contributed by atoms with Crippen molar-refractivity contribution in [1.29, 1.82) is 0 Å². The maximum absolute atomic E-state index is 11.4. The number of carbonyl (C=O) groups is 1. The minimum absolute atomic E-state index is 0. The first-order valence-electron chi connectivity index (χ1n) is 13.1. The summed E-state index contributed by atoms with van der Waals surface area (Å²) in [6.07, 6.45) is 1.82. The number of thioether (sulfide) groups is 1. The molecule has 0 aliphatic carbocycles. The fourth-order valence-corrected chi connectivity index (χ4v) is 5.90. The summed E-state index contributed by atoms with van der Waals surface area (Å²) in [5.41, 5.74) is 5.05. The Morgan fingerprint density at radius 3 is 2.52 bits per heavy atom. The number of carboxylic acids is 1. The van der Waals surface area contributed by atoms with Crippen molar-refractivity contribution in [1.82, 2.24) is 4.98 Å². The smallest absolute Gasteiger partial charge is 0.550 e. The summed E-state index contributed by atoms with van der Waals surface area (Å²) in [6, 6.07) is 25.8. The second kappa shape index (κ2) is 15.8. The first kappa shape index (κ1) is 32.5. The number of aliphatic hydroxyl groups is 1. The van der Waals surface area contributed by atoms with E-state index in [0.717, 1.165) is 46.3 Å². The Morgan fingerprint density at radius 1 is 1.02 bits per heavy atom. The Kier molecular flexibility index (Phi) is 12.8. The summed E-state index contributed by atoms with van der Waals surface area (Å²) in [7, 11) is 0. The Hall–Kier alpha value is -2.06. The van der Waals surface area contributed by atoms with Gasteiger partial charge in [-0.1, -0.05) is 67.1 Å².